The highest BCUT2D eigenvalue weighted by Crippen LogP contribution is 2.09. The van der Waals surface area contributed by atoms with E-state index in [0.717, 1.165) is 33.0 Å². The predicted molar refractivity (Wildman–Crippen MR) is 64.8 cm³/mol. The van der Waals surface area contributed by atoms with E-state index in [9.17, 15) is 0 Å². The number of ether oxygens (including phenoxy) is 3. The molecule has 0 aromatic carbocycles. The van der Waals surface area contributed by atoms with Crippen LogP contribution in [0.1, 0.15) is 45.4 Å². The van der Waals surface area contributed by atoms with Gasteiger partial charge >= 0.3 is 0 Å². The summed E-state index contributed by atoms with van der Waals surface area (Å²) in [5.41, 5.74) is 0. The van der Waals surface area contributed by atoms with E-state index in [1.54, 1.807) is 0 Å². The van der Waals surface area contributed by atoms with Gasteiger partial charge in [0.2, 0.25) is 0 Å². The van der Waals surface area contributed by atoms with E-state index < -0.39 is 0 Å². The van der Waals surface area contributed by atoms with Crippen LogP contribution in [-0.2, 0) is 14.2 Å². The van der Waals surface area contributed by atoms with Gasteiger partial charge in [0.15, 0.2) is 0 Å². The second-order valence-electron chi connectivity index (χ2n) is 4.46. The van der Waals surface area contributed by atoms with E-state index in [0.29, 0.717) is 6.10 Å². The standard InChI is InChI=1S/C5H10O.2C4H8O/c1-5-3-2-4-6-5;2*1-2-4-5-3-1/h5H,2-4H2,1H3;2*1-4H2. The summed E-state index contributed by atoms with van der Waals surface area (Å²) in [4.78, 5) is 0. The molecule has 96 valence electrons. The molecular formula is C13H26O3. The normalized spacial score (nSPS) is 27.9. The van der Waals surface area contributed by atoms with Crippen LogP contribution in [0.3, 0.4) is 0 Å². The van der Waals surface area contributed by atoms with Gasteiger partial charge in [-0.05, 0) is 45.4 Å². The monoisotopic (exact) mass is 230 g/mol. The van der Waals surface area contributed by atoms with Crippen molar-refractivity contribution in [2.75, 3.05) is 33.0 Å². The maximum absolute atomic E-state index is 5.15. The third-order valence-electron chi connectivity index (χ3n) is 2.81. The summed E-state index contributed by atoms with van der Waals surface area (Å²) in [5.74, 6) is 0. The van der Waals surface area contributed by atoms with Gasteiger partial charge < -0.3 is 14.2 Å². The Balaban J connectivity index is 0.000000121. The van der Waals surface area contributed by atoms with Gasteiger partial charge in [-0.15, -0.1) is 0 Å². The molecule has 0 radical (unpaired) electrons. The average molecular weight is 230 g/mol. The third kappa shape index (κ3) is 8.08. The first-order valence-electron chi connectivity index (χ1n) is 6.66. The highest BCUT2D eigenvalue weighted by Gasteiger charge is 2.07. The van der Waals surface area contributed by atoms with Crippen LogP contribution in [-0.4, -0.2) is 39.1 Å². The van der Waals surface area contributed by atoms with Crippen molar-refractivity contribution >= 4 is 0 Å². The fraction of sp³-hybridized carbons (Fsp3) is 1.00. The van der Waals surface area contributed by atoms with Crippen LogP contribution in [0, 0.1) is 0 Å². The molecule has 3 fully saturated rings. The molecule has 3 aliphatic rings. The van der Waals surface area contributed by atoms with Crippen molar-refractivity contribution < 1.29 is 14.2 Å². The molecule has 0 N–H and O–H groups in total. The molecular weight excluding hydrogens is 204 g/mol. The first-order chi connectivity index (χ1) is 7.89. The lowest BCUT2D eigenvalue weighted by molar-refractivity contribution is 0.125. The smallest absolute Gasteiger partial charge is 0.0547 e. The van der Waals surface area contributed by atoms with Crippen LogP contribution in [0.2, 0.25) is 0 Å². The summed E-state index contributed by atoms with van der Waals surface area (Å²) in [6.45, 7) is 7.11. The third-order valence-corrected chi connectivity index (χ3v) is 2.81. The Kier molecular flexibility index (Phi) is 8.77. The molecule has 0 aromatic rings. The first kappa shape index (κ1) is 13.9. The minimum absolute atomic E-state index is 0.546. The molecule has 3 saturated heterocycles. The maximum atomic E-state index is 5.15. The van der Waals surface area contributed by atoms with Gasteiger partial charge in [0.1, 0.15) is 0 Å². The minimum Gasteiger partial charge on any atom is -0.381 e. The topological polar surface area (TPSA) is 27.7 Å². The Labute approximate surface area is 99.5 Å². The lowest BCUT2D eigenvalue weighted by Gasteiger charge is -1.94. The zero-order valence-corrected chi connectivity index (χ0v) is 10.6. The average Bonchev–Trinajstić information content (AvgIpc) is 3.07. The molecule has 0 aromatic heterocycles. The Hall–Kier alpha value is -0.120. The molecule has 1 atom stereocenters. The van der Waals surface area contributed by atoms with Gasteiger partial charge in [-0.1, -0.05) is 0 Å². The van der Waals surface area contributed by atoms with Crippen LogP contribution in [0.5, 0.6) is 0 Å². The van der Waals surface area contributed by atoms with Gasteiger partial charge in [-0.3, -0.25) is 0 Å². The molecule has 3 nitrogen and oxygen atoms in total. The van der Waals surface area contributed by atoms with Crippen molar-refractivity contribution in [2.24, 2.45) is 0 Å². The van der Waals surface area contributed by atoms with E-state index in [-0.39, 0.29) is 0 Å². The summed E-state index contributed by atoms with van der Waals surface area (Å²) in [5, 5.41) is 0. The van der Waals surface area contributed by atoms with Crippen LogP contribution < -0.4 is 0 Å². The Morgan fingerprint density at radius 1 is 0.688 bits per heavy atom. The molecule has 0 saturated carbocycles. The summed E-state index contributed by atoms with van der Waals surface area (Å²) in [7, 11) is 0. The van der Waals surface area contributed by atoms with Crippen molar-refractivity contribution in [1.82, 2.24) is 0 Å². The van der Waals surface area contributed by atoms with Crippen molar-refractivity contribution in [2.45, 2.75) is 51.6 Å². The highest BCUT2D eigenvalue weighted by molar-refractivity contribution is 4.56. The molecule has 0 spiro atoms. The minimum atomic E-state index is 0.546. The van der Waals surface area contributed by atoms with Crippen molar-refractivity contribution in [1.29, 1.82) is 0 Å². The van der Waals surface area contributed by atoms with E-state index in [4.69, 9.17) is 14.2 Å². The fourth-order valence-corrected chi connectivity index (χ4v) is 1.76. The Morgan fingerprint density at radius 2 is 1.19 bits per heavy atom. The van der Waals surface area contributed by atoms with Gasteiger partial charge in [0, 0.05) is 33.0 Å². The molecule has 3 rings (SSSR count). The summed E-state index contributed by atoms with van der Waals surface area (Å²) < 4.78 is 15.0. The van der Waals surface area contributed by atoms with Crippen LogP contribution in [0.25, 0.3) is 0 Å². The van der Waals surface area contributed by atoms with E-state index in [1.807, 2.05) is 0 Å². The SMILES string of the molecule is C1CCOC1.C1CCOC1.CC1CCCO1. The molecule has 0 amide bonds. The molecule has 3 aliphatic heterocycles. The van der Waals surface area contributed by atoms with E-state index >= 15 is 0 Å². The molecule has 16 heavy (non-hydrogen) atoms. The Bertz CT molecular complexity index is 111. The van der Waals surface area contributed by atoms with Crippen molar-refractivity contribution in [3.05, 3.63) is 0 Å². The second-order valence-corrected chi connectivity index (χ2v) is 4.46. The van der Waals surface area contributed by atoms with Gasteiger partial charge in [-0.25, -0.2) is 0 Å². The summed E-state index contributed by atoms with van der Waals surface area (Å²) >= 11 is 0. The maximum Gasteiger partial charge on any atom is 0.0547 e. The van der Waals surface area contributed by atoms with E-state index in [2.05, 4.69) is 6.92 Å². The van der Waals surface area contributed by atoms with Gasteiger partial charge in [-0.2, -0.15) is 0 Å². The van der Waals surface area contributed by atoms with Crippen LogP contribution in [0.15, 0.2) is 0 Å². The van der Waals surface area contributed by atoms with E-state index in [1.165, 1.54) is 38.5 Å². The van der Waals surface area contributed by atoms with Crippen LogP contribution >= 0.6 is 0 Å². The van der Waals surface area contributed by atoms with Gasteiger partial charge in [0.25, 0.3) is 0 Å². The zero-order chi connectivity index (χ0) is 11.5. The molecule has 0 bridgehead atoms. The summed E-state index contributed by atoms with van der Waals surface area (Å²) in [6, 6.07) is 0. The highest BCUT2D eigenvalue weighted by atomic mass is 16.5. The number of rotatable bonds is 0. The lowest BCUT2D eigenvalue weighted by atomic mass is 10.3. The Morgan fingerprint density at radius 3 is 1.31 bits per heavy atom. The number of hydrogen-bond acceptors (Lipinski definition) is 3. The lowest BCUT2D eigenvalue weighted by Crippen LogP contribution is -1.94. The fourth-order valence-electron chi connectivity index (χ4n) is 1.76. The van der Waals surface area contributed by atoms with Crippen molar-refractivity contribution in [3.63, 3.8) is 0 Å². The van der Waals surface area contributed by atoms with Crippen molar-refractivity contribution in [3.8, 4) is 0 Å². The quantitative estimate of drug-likeness (QED) is 0.640. The largest absolute Gasteiger partial charge is 0.381 e. The molecule has 1 unspecified atom stereocenters. The zero-order valence-electron chi connectivity index (χ0n) is 10.6. The predicted octanol–water partition coefficient (Wildman–Crippen LogP) is 2.78. The first-order valence-corrected chi connectivity index (χ1v) is 6.66. The number of hydrogen-bond donors (Lipinski definition) is 0. The van der Waals surface area contributed by atoms with Gasteiger partial charge in [0.05, 0.1) is 6.10 Å². The summed E-state index contributed by atoms with van der Waals surface area (Å²) in [6.07, 6.45) is 8.19. The van der Waals surface area contributed by atoms with Crippen LogP contribution in [0.4, 0.5) is 0 Å². The molecule has 3 heterocycles. The second kappa shape index (κ2) is 10.1. The molecule has 0 aliphatic carbocycles. The molecule has 3 heteroatoms.